The summed E-state index contributed by atoms with van der Waals surface area (Å²) in [5, 5.41) is 9.63. The summed E-state index contributed by atoms with van der Waals surface area (Å²) < 4.78 is 6.89. The van der Waals surface area contributed by atoms with Crippen LogP contribution in [0.3, 0.4) is 0 Å². The van der Waals surface area contributed by atoms with Crippen molar-refractivity contribution in [3.63, 3.8) is 0 Å². The van der Waals surface area contributed by atoms with Crippen molar-refractivity contribution in [1.82, 2.24) is 0 Å². The molecule has 1 unspecified atom stereocenters. The molecule has 3 heteroatoms. The molecule has 4 rings (SSSR count). The first-order valence-corrected chi connectivity index (χ1v) is 16.9. The van der Waals surface area contributed by atoms with E-state index in [0.717, 1.165) is 36.5 Å². The maximum Gasteiger partial charge on any atom is 0.192 e. The van der Waals surface area contributed by atoms with Gasteiger partial charge in [0, 0.05) is 12.7 Å². The first-order chi connectivity index (χ1) is 15.3. The van der Waals surface area contributed by atoms with Gasteiger partial charge in [-0.3, -0.25) is 0 Å². The molecule has 1 N–H and O–H groups in total. The Bertz CT molecular complexity index is 790. The molecule has 2 nitrogen and oxygen atoms in total. The summed E-state index contributed by atoms with van der Waals surface area (Å²) >= 11 is 0. The number of allylic oxidation sites excluding steroid dienone is 3. The fraction of sp³-hybridized carbons (Fsp3) is 0.867. The van der Waals surface area contributed by atoms with E-state index < -0.39 is 8.32 Å². The van der Waals surface area contributed by atoms with Gasteiger partial charge in [0.2, 0.25) is 0 Å². The Balaban J connectivity index is 1.53. The molecule has 4 aliphatic rings. The van der Waals surface area contributed by atoms with E-state index in [1.165, 1.54) is 44.9 Å². The Morgan fingerprint density at radius 1 is 1.06 bits per heavy atom. The highest BCUT2D eigenvalue weighted by molar-refractivity contribution is 6.74. The largest absolute Gasteiger partial charge is 0.414 e. The van der Waals surface area contributed by atoms with Gasteiger partial charge in [0.1, 0.15) is 0 Å². The quantitative estimate of drug-likeness (QED) is 0.394. The Morgan fingerprint density at radius 2 is 1.79 bits per heavy atom. The average Bonchev–Trinajstić information content (AvgIpc) is 3.08. The monoisotopic (exact) mass is 472 g/mol. The van der Waals surface area contributed by atoms with E-state index in [-0.39, 0.29) is 5.04 Å². The van der Waals surface area contributed by atoms with Crippen LogP contribution in [-0.4, -0.2) is 26.1 Å². The van der Waals surface area contributed by atoms with Crippen LogP contribution in [0.1, 0.15) is 99.3 Å². The number of rotatable bonds is 6. The Morgan fingerprint density at radius 3 is 2.45 bits per heavy atom. The van der Waals surface area contributed by atoms with E-state index in [9.17, 15) is 5.11 Å². The van der Waals surface area contributed by atoms with E-state index in [1.54, 1.807) is 11.1 Å². The van der Waals surface area contributed by atoms with E-state index in [4.69, 9.17) is 4.43 Å². The molecule has 0 radical (unpaired) electrons. The van der Waals surface area contributed by atoms with Crippen LogP contribution in [0.4, 0.5) is 0 Å². The fourth-order valence-corrected chi connectivity index (χ4v) is 9.64. The molecule has 0 aromatic rings. The van der Waals surface area contributed by atoms with E-state index in [0.29, 0.717) is 23.5 Å². The van der Waals surface area contributed by atoms with Crippen LogP contribution in [0.5, 0.6) is 0 Å². The minimum Gasteiger partial charge on any atom is -0.414 e. The van der Waals surface area contributed by atoms with Gasteiger partial charge in [-0.25, -0.2) is 0 Å². The number of aliphatic hydroxyl groups excluding tert-OH is 1. The van der Waals surface area contributed by atoms with Gasteiger partial charge in [-0.1, -0.05) is 64.8 Å². The van der Waals surface area contributed by atoms with Crippen molar-refractivity contribution in [2.45, 2.75) is 124 Å². The highest BCUT2D eigenvalue weighted by Gasteiger charge is 2.57. The second-order valence-corrected chi connectivity index (χ2v) is 19.0. The Labute approximate surface area is 205 Å². The topological polar surface area (TPSA) is 29.5 Å². The molecule has 3 fully saturated rings. The molecule has 3 saturated carbocycles. The van der Waals surface area contributed by atoms with Crippen LogP contribution < -0.4 is 0 Å². The third kappa shape index (κ3) is 4.38. The zero-order valence-corrected chi connectivity index (χ0v) is 24.0. The minimum absolute atomic E-state index is 0.281. The van der Waals surface area contributed by atoms with Gasteiger partial charge in [0.15, 0.2) is 8.32 Å². The second kappa shape index (κ2) is 8.93. The maximum absolute atomic E-state index is 9.35. The predicted octanol–water partition coefficient (Wildman–Crippen LogP) is 8.28. The van der Waals surface area contributed by atoms with E-state index in [2.05, 4.69) is 66.8 Å². The average molecular weight is 473 g/mol. The van der Waals surface area contributed by atoms with Crippen LogP contribution in [0.15, 0.2) is 23.3 Å². The lowest BCUT2D eigenvalue weighted by Crippen LogP contribution is -2.49. The van der Waals surface area contributed by atoms with Gasteiger partial charge < -0.3 is 9.53 Å². The molecule has 0 saturated heterocycles. The molecule has 0 heterocycles. The smallest absolute Gasteiger partial charge is 0.192 e. The van der Waals surface area contributed by atoms with E-state index >= 15 is 0 Å². The minimum atomic E-state index is -1.72. The van der Waals surface area contributed by atoms with Gasteiger partial charge in [-0.2, -0.15) is 0 Å². The lowest BCUT2D eigenvalue weighted by Gasteiger charge is -2.56. The van der Waals surface area contributed by atoms with Gasteiger partial charge >= 0.3 is 0 Å². The predicted molar refractivity (Wildman–Crippen MR) is 143 cm³/mol. The van der Waals surface area contributed by atoms with Gasteiger partial charge in [-0.05, 0) is 110 Å². The summed E-state index contributed by atoms with van der Waals surface area (Å²) in [7, 11) is -1.72. The standard InChI is InChI=1S/C30H52O2Si/c1-21(10-9-19-31)25-13-14-26-24-12-11-22-20-23(32-33(7,8)28(2,3)4)15-17-29(22,5)27(24)16-18-30(25,26)6/h11-12,21,23,25-27,31H,9-10,13-20H2,1-8H3/t21-,23?,25-,26+,27+,29+,30-/m1/s1. The molecule has 188 valence electrons. The molecule has 0 aromatic heterocycles. The summed E-state index contributed by atoms with van der Waals surface area (Å²) in [4.78, 5) is 0. The third-order valence-electron chi connectivity index (χ3n) is 11.4. The molecule has 0 spiro atoms. The van der Waals surface area contributed by atoms with Crippen LogP contribution in [0, 0.1) is 34.5 Å². The van der Waals surface area contributed by atoms with Crippen LogP contribution in [0.2, 0.25) is 18.1 Å². The first kappa shape index (κ1) is 25.7. The molecule has 0 bridgehead atoms. The first-order valence-electron chi connectivity index (χ1n) is 14.0. The molecule has 33 heavy (non-hydrogen) atoms. The highest BCUT2D eigenvalue weighted by atomic mass is 28.4. The number of fused-ring (bicyclic) bond motifs is 5. The lowest BCUT2D eigenvalue weighted by atomic mass is 9.50. The van der Waals surface area contributed by atoms with Gasteiger partial charge in [0.05, 0.1) is 0 Å². The SMILES string of the molecule is C[C@H](CCCO)[C@H]1CC[C@H]2C3=CC=C4CC(O[Si](C)(C)C(C)(C)C)CC[C@]4(C)[C@H]3CC[C@]12C. The summed E-state index contributed by atoms with van der Waals surface area (Å²) in [6.45, 7) is 19.9. The molecular weight excluding hydrogens is 420 g/mol. The van der Waals surface area contributed by atoms with Crippen molar-refractivity contribution < 1.29 is 9.53 Å². The Kier molecular flexibility index (Phi) is 6.95. The summed E-state index contributed by atoms with van der Waals surface area (Å²) in [6, 6.07) is 0. The van der Waals surface area contributed by atoms with Crippen LogP contribution in [0.25, 0.3) is 0 Å². The van der Waals surface area contributed by atoms with E-state index in [1.807, 2.05) is 0 Å². The number of hydrogen-bond donors (Lipinski definition) is 1. The molecule has 4 aliphatic carbocycles. The molecule has 0 aliphatic heterocycles. The van der Waals surface area contributed by atoms with Crippen molar-refractivity contribution in [2.75, 3.05) is 6.61 Å². The van der Waals surface area contributed by atoms with Crippen molar-refractivity contribution >= 4 is 8.32 Å². The lowest BCUT2D eigenvalue weighted by molar-refractivity contribution is 0.0337. The Hall–Kier alpha value is -0.383. The highest BCUT2D eigenvalue weighted by Crippen LogP contribution is 2.66. The summed E-state index contributed by atoms with van der Waals surface area (Å²) in [5.41, 5.74) is 4.29. The molecule has 7 atom stereocenters. The van der Waals surface area contributed by atoms with Gasteiger partial charge in [0.25, 0.3) is 0 Å². The third-order valence-corrected chi connectivity index (χ3v) is 15.9. The fourth-order valence-electron chi connectivity index (χ4n) is 8.25. The summed E-state index contributed by atoms with van der Waals surface area (Å²) in [6.07, 6.45) is 16.9. The van der Waals surface area contributed by atoms with Crippen molar-refractivity contribution in [3.8, 4) is 0 Å². The molecule has 0 amide bonds. The zero-order valence-electron chi connectivity index (χ0n) is 23.0. The zero-order chi connectivity index (χ0) is 24.2. The van der Waals surface area contributed by atoms with Crippen molar-refractivity contribution in [2.24, 2.45) is 34.5 Å². The number of hydrogen-bond acceptors (Lipinski definition) is 2. The van der Waals surface area contributed by atoms with Gasteiger partial charge in [-0.15, -0.1) is 0 Å². The van der Waals surface area contributed by atoms with Crippen molar-refractivity contribution in [1.29, 1.82) is 0 Å². The van der Waals surface area contributed by atoms with Crippen LogP contribution in [-0.2, 0) is 4.43 Å². The number of aliphatic hydroxyl groups is 1. The maximum atomic E-state index is 9.35. The summed E-state index contributed by atoms with van der Waals surface area (Å²) in [5.74, 6) is 3.07. The second-order valence-electron chi connectivity index (χ2n) is 14.2. The molecule has 0 aromatic carbocycles. The molecular formula is C30H52O2Si. The normalized spacial score (nSPS) is 39.8. The van der Waals surface area contributed by atoms with Crippen molar-refractivity contribution in [3.05, 3.63) is 23.3 Å². The van der Waals surface area contributed by atoms with Crippen LogP contribution >= 0.6 is 0 Å².